The van der Waals surface area contributed by atoms with Crippen molar-refractivity contribution in [3.05, 3.63) is 95.6 Å². The van der Waals surface area contributed by atoms with Crippen LogP contribution < -0.4 is 5.32 Å². The lowest BCUT2D eigenvalue weighted by atomic mass is 9.91. The highest BCUT2D eigenvalue weighted by atomic mass is 19.4. The van der Waals surface area contributed by atoms with Gasteiger partial charge in [0.15, 0.2) is 0 Å². The van der Waals surface area contributed by atoms with Gasteiger partial charge in [0.2, 0.25) is 5.91 Å². The number of pyridine rings is 1. The van der Waals surface area contributed by atoms with Gasteiger partial charge in [0, 0.05) is 12.4 Å². The molecule has 1 unspecified atom stereocenters. The number of rotatable bonds is 5. The van der Waals surface area contributed by atoms with Crippen molar-refractivity contribution >= 4 is 11.6 Å². The van der Waals surface area contributed by atoms with E-state index < -0.39 is 29.4 Å². The van der Waals surface area contributed by atoms with E-state index in [1.807, 2.05) is 0 Å². The standard InChI is InChI=1S/C21H16F4N2O/c22-16-9-7-15(8-10-16)17(12-14-4-3-11-26-13-14)20(28)27-19-6-2-1-5-18(19)21(23,24)25/h1-11,13,17H,12H2,(H,27,28). The summed E-state index contributed by atoms with van der Waals surface area (Å²) in [5.74, 6) is -1.90. The highest BCUT2D eigenvalue weighted by Gasteiger charge is 2.34. The summed E-state index contributed by atoms with van der Waals surface area (Å²) in [5.41, 5.74) is -0.0239. The lowest BCUT2D eigenvalue weighted by Gasteiger charge is -2.19. The number of hydrogen-bond donors (Lipinski definition) is 1. The molecule has 0 radical (unpaired) electrons. The molecule has 1 N–H and O–H groups in total. The number of alkyl halides is 3. The number of nitrogens with zero attached hydrogens (tertiary/aromatic N) is 1. The number of nitrogens with one attached hydrogen (secondary N) is 1. The minimum absolute atomic E-state index is 0.208. The number of benzene rings is 2. The van der Waals surface area contributed by atoms with Crippen LogP contribution in [0.5, 0.6) is 0 Å². The molecule has 0 aliphatic rings. The topological polar surface area (TPSA) is 42.0 Å². The first kappa shape index (κ1) is 19.5. The molecule has 2 aromatic carbocycles. The maximum atomic E-state index is 13.3. The lowest BCUT2D eigenvalue weighted by molar-refractivity contribution is -0.137. The highest BCUT2D eigenvalue weighted by molar-refractivity contribution is 5.96. The quantitative estimate of drug-likeness (QED) is 0.610. The monoisotopic (exact) mass is 388 g/mol. The molecule has 1 heterocycles. The van der Waals surface area contributed by atoms with Gasteiger partial charge in [-0.15, -0.1) is 0 Å². The smallest absolute Gasteiger partial charge is 0.325 e. The van der Waals surface area contributed by atoms with Crippen LogP contribution in [0.15, 0.2) is 73.1 Å². The van der Waals surface area contributed by atoms with Crippen LogP contribution in [0, 0.1) is 5.82 Å². The Bertz CT molecular complexity index is 941. The third kappa shape index (κ3) is 4.73. The zero-order valence-corrected chi connectivity index (χ0v) is 14.6. The van der Waals surface area contributed by atoms with E-state index in [2.05, 4.69) is 10.3 Å². The number of anilines is 1. The summed E-state index contributed by atoms with van der Waals surface area (Å²) in [5, 5.41) is 2.38. The van der Waals surface area contributed by atoms with Crippen molar-refractivity contribution in [1.29, 1.82) is 0 Å². The van der Waals surface area contributed by atoms with Crippen molar-refractivity contribution in [2.75, 3.05) is 5.32 Å². The van der Waals surface area contributed by atoms with Crippen LogP contribution in [-0.2, 0) is 17.4 Å². The van der Waals surface area contributed by atoms with Crippen LogP contribution in [0.1, 0.15) is 22.6 Å². The van der Waals surface area contributed by atoms with Gasteiger partial charge in [0.05, 0.1) is 17.2 Å². The number of carbonyl (C=O) groups is 1. The average Bonchev–Trinajstić information content (AvgIpc) is 2.67. The third-order valence-electron chi connectivity index (χ3n) is 4.24. The van der Waals surface area contributed by atoms with Gasteiger partial charge in [0.1, 0.15) is 5.82 Å². The van der Waals surface area contributed by atoms with Crippen molar-refractivity contribution in [1.82, 2.24) is 4.98 Å². The molecule has 144 valence electrons. The van der Waals surface area contributed by atoms with Crippen LogP contribution in [0.3, 0.4) is 0 Å². The summed E-state index contributed by atoms with van der Waals surface area (Å²) in [6.45, 7) is 0. The Morgan fingerprint density at radius 1 is 1.00 bits per heavy atom. The maximum absolute atomic E-state index is 13.3. The predicted octanol–water partition coefficient (Wildman–Crippen LogP) is 5.20. The molecular weight excluding hydrogens is 372 g/mol. The highest BCUT2D eigenvalue weighted by Crippen LogP contribution is 2.35. The molecule has 0 saturated carbocycles. The molecule has 0 bridgehead atoms. The number of halogens is 4. The Morgan fingerprint density at radius 3 is 2.36 bits per heavy atom. The van der Waals surface area contributed by atoms with Crippen molar-refractivity contribution in [3.8, 4) is 0 Å². The summed E-state index contributed by atoms with van der Waals surface area (Å²) in [6, 6.07) is 13.6. The molecule has 1 aromatic heterocycles. The minimum atomic E-state index is -4.60. The summed E-state index contributed by atoms with van der Waals surface area (Å²) in [7, 11) is 0. The largest absolute Gasteiger partial charge is 0.418 e. The second-order valence-corrected chi connectivity index (χ2v) is 6.20. The minimum Gasteiger partial charge on any atom is -0.325 e. The number of amides is 1. The van der Waals surface area contributed by atoms with Crippen LogP contribution in [0.2, 0.25) is 0 Å². The number of para-hydroxylation sites is 1. The van der Waals surface area contributed by atoms with Gasteiger partial charge in [-0.05, 0) is 47.9 Å². The number of aromatic nitrogens is 1. The Kier molecular flexibility index (Phi) is 5.73. The fourth-order valence-corrected chi connectivity index (χ4v) is 2.87. The second kappa shape index (κ2) is 8.21. The molecule has 28 heavy (non-hydrogen) atoms. The Labute approximate surface area is 159 Å². The van der Waals surface area contributed by atoms with E-state index in [0.29, 0.717) is 5.56 Å². The van der Waals surface area contributed by atoms with Crippen LogP contribution in [0.25, 0.3) is 0 Å². The zero-order valence-electron chi connectivity index (χ0n) is 14.6. The predicted molar refractivity (Wildman–Crippen MR) is 97.2 cm³/mol. The van der Waals surface area contributed by atoms with Crippen molar-refractivity contribution in [3.63, 3.8) is 0 Å². The van der Waals surface area contributed by atoms with Crippen LogP contribution >= 0.6 is 0 Å². The molecule has 1 atom stereocenters. The SMILES string of the molecule is O=C(Nc1ccccc1C(F)(F)F)C(Cc1cccnc1)c1ccc(F)cc1. The fourth-order valence-electron chi connectivity index (χ4n) is 2.87. The average molecular weight is 388 g/mol. The van der Waals surface area contributed by atoms with E-state index in [-0.39, 0.29) is 12.1 Å². The lowest BCUT2D eigenvalue weighted by Crippen LogP contribution is -2.24. The second-order valence-electron chi connectivity index (χ2n) is 6.20. The van der Waals surface area contributed by atoms with Gasteiger partial charge in [-0.2, -0.15) is 13.2 Å². The van der Waals surface area contributed by atoms with Gasteiger partial charge in [-0.3, -0.25) is 9.78 Å². The van der Waals surface area contributed by atoms with E-state index in [9.17, 15) is 22.4 Å². The molecule has 3 rings (SSSR count). The molecule has 3 nitrogen and oxygen atoms in total. The first-order valence-corrected chi connectivity index (χ1v) is 8.46. The zero-order chi connectivity index (χ0) is 20.1. The maximum Gasteiger partial charge on any atom is 0.418 e. The van der Waals surface area contributed by atoms with E-state index in [1.54, 1.807) is 24.5 Å². The van der Waals surface area contributed by atoms with E-state index >= 15 is 0 Å². The molecule has 0 fully saturated rings. The molecule has 0 aliphatic heterocycles. The van der Waals surface area contributed by atoms with Gasteiger partial charge in [0.25, 0.3) is 0 Å². The van der Waals surface area contributed by atoms with Gasteiger partial charge < -0.3 is 5.32 Å². The third-order valence-corrected chi connectivity index (χ3v) is 4.24. The molecular formula is C21H16F4N2O. The Balaban J connectivity index is 1.92. The molecule has 3 aromatic rings. The number of hydrogen-bond acceptors (Lipinski definition) is 2. The van der Waals surface area contributed by atoms with Gasteiger partial charge >= 0.3 is 6.18 Å². The summed E-state index contributed by atoms with van der Waals surface area (Å²) in [4.78, 5) is 16.9. The molecule has 0 spiro atoms. The molecule has 0 aliphatic carbocycles. The van der Waals surface area contributed by atoms with Crippen LogP contribution in [-0.4, -0.2) is 10.9 Å². The van der Waals surface area contributed by atoms with E-state index in [4.69, 9.17) is 0 Å². The Hall–Kier alpha value is -3.22. The van der Waals surface area contributed by atoms with E-state index in [1.165, 1.54) is 42.5 Å². The van der Waals surface area contributed by atoms with Crippen molar-refractivity contribution < 1.29 is 22.4 Å². The molecule has 0 saturated heterocycles. The van der Waals surface area contributed by atoms with Crippen LogP contribution in [0.4, 0.5) is 23.2 Å². The van der Waals surface area contributed by atoms with Crippen molar-refractivity contribution in [2.24, 2.45) is 0 Å². The molecule has 7 heteroatoms. The number of carbonyl (C=O) groups excluding carboxylic acids is 1. The summed E-state index contributed by atoms with van der Waals surface area (Å²) < 4.78 is 52.9. The fraction of sp³-hybridized carbons (Fsp3) is 0.143. The first-order valence-electron chi connectivity index (χ1n) is 8.46. The normalized spacial score (nSPS) is 12.4. The van der Waals surface area contributed by atoms with Crippen molar-refractivity contribution in [2.45, 2.75) is 18.5 Å². The Morgan fingerprint density at radius 2 is 1.71 bits per heavy atom. The summed E-state index contributed by atoms with van der Waals surface area (Å²) >= 11 is 0. The summed E-state index contributed by atoms with van der Waals surface area (Å²) in [6.07, 6.45) is -1.23. The van der Waals surface area contributed by atoms with Gasteiger partial charge in [-0.25, -0.2) is 4.39 Å². The first-order chi connectivity index (χ1) is 13.3. The van der Waals surface area contributed by atoms with Gasteiger partial charge in [-0.1, -0.05) is 30.3 Å². The van der Waals surface area contributed by atoms with E-state index in [0.717, 1.165) is 11.6 Å². The molecule has 1 amide bonds.